The lowest BCUT2D eigenvalue weighted by Gasteiger charge is -2.17. The van der Waals surface area contributed by atoms with E-state index in [9.17, 15) is 4.39 Å². The molecule has 3 aromatic rings. The van der Waals surface area contributed by atoms with Gasteiger partial charge in [0, 0.05) is 35.0 Å². The van der Waals surface area contributed by atoms with Crippen molar-refractivity contribution in [1.29, 1.82) is 0 Å². The molecule has 0 N–H and O–H groups in total. The lowest BCUT2D eigenvalue weighted by atomic mass is 10.1. The van der Waals surface area contributed by atoms with Crippen LogP contribution in [0.5, 0.6) is 0 Å². The van der Waals surface area contributed by atoms with Crippen molar-refractivity contribution in [2.75, 3.05) is 0 Å². The largest absolute Gasteiger partial charge is 0.337 e. The van der Waals surface area contributed by atoms with E-state index in [1.807, 2.05) is 60.7 Å². The Morgan fingerprint density at radius 3 is 2.50 bits per heavy atom. The van der Waals surface area contributed by atoms with Crippen LogP contribution >= 0.6 is 23.4 Å². The van der Waals surface area contributed by atoms with Crippen molar-refractivity contribution in [3.05, 3.63) is 89.2 Å². The van der Waals surface area contributed by atoms with Gasteiger partial charge in [0.1, 0.15) is 5.82 Å². The molecule has 0 aliphatic heterocycles. The third kappa shape index (κ3) is 4.86. The molecule has 3 rings (SSSR count). The van der Waals surface area contributed by atoms with Crippen LogP contribution in [-0.4, -0.2) is 9.55 Å². The molecule has 1 unspecified atom stereocenters. The Morgan fingerprint density at radius 1 is 1.08 bits per heavy atom. The van der Waals surface area contributed by atoms with E-state index in [-0.39, 0.29) is 5.82 Å². The van der Waals surface area contributed by atoms with E-state index in [0.717, 1.165) is 29.3 Å². The molecule has 1 aromatic heterocycles. The molecule has 0 saturated heterocycles. The average Bonchev–Trinajstić information content (AvgIpc) is 3.11. The van der Waals surface area contributed by atoms with Crippen molar-refractivity contribution in [1.82, 2.24) is 9.55 Å². The Labute approximate surface area is 150 Å². The molecule has 2 nitrogen and oxygen atoms in total. The normalized spacial score (nSPS) is 12.2. The molecular weight excluding hydrogens is 343 g/mol. The molecule has 1 atom stereocenters. The molecular formula is C19H18ClFN2S. The van der Waals surface area contributed by atoms with Gasteiger partial charge in [-0.25, -0.2) is 9.37 Å². The van der Waals surface area contributed by atoms with Gasteiger partial charge >= 0.3 is 0 Å². The highest BCUT2D eigenvalue weighted by atomic mass is 35.5. The van der Waals surface area contributed by atoms with Gasteiger partial charge in [-0.15, -0.1) is 11.8 Å². The number of hydrogen-bond acceptors (Lipinski definition) is 2. The van der Waals surface area contributed by atoms with Crippen molar-refractivity contribution in [2.24, 2.45) is 0 Å². The summed E-state index contributed by atoms with van der Waals surface area (Å²) in [6.07, 6.45) is 6.53. The zero-order chi connectivity index (χ0) is 16.8. The molecule has 0 spiro atoms. The Balaban J connectivity index is 1.68. The molecule has 5 heteroatoms. The molecule has 0 bridgehead atoms. The summed E-state index contributed by atoms with van der Waals surface area (Å²) in [7, 11) is 0. The van der Waals surface area contributed by atoms with Gasteiger partial charge in [-0.05, 0) is 41.8 Å². The second-order valence-corrected chi connectivity index (χ2v) is 7.19. The van der Waals surface area contributed by atoms with Gasteiger partial charge in [0.15, 0.2) is 0 Å². The average molecular weight is 361 g/mol. The fourth-order valence-electron chi connectivity index (χ4n) is 2.49. The summed E-state index contributed by atoms with van der Waals surface area (Å²) >= 11 is 7.80. The highest BCUT2D eigenvalue weighted by Crippen LogP contribution is 2.35. The molecule has 0 saturated carbocycles. The van der Waals surface area contributed by atoms with Crippen LogP contribution in [0.4, 0.5) is 4.39 Å². The first kappa shape index (κ1) is 17.1. The molecule has 124 valence electrons. The predicted molar refractivity (Wildman–Crippen MR) is 98.7 cm³/mol. The zero-order valence-corrected chi connectivity index (χ0v) is 14.7. The first-order valence-corrected chi connectivity index (χ1v) is 9.20. The van der Waals surface area contributed by atoms with Gasteiger partial charge in [-0.1, -0.05) is 35.9 Å². The minimum absolute atomic E-state index is 0.199. The standard InChI is InChI=1S/C19H18ClFN2S/c20-17-5-1-15(2-6-17)13-24-19(9-11-23-12-10-22-14-23)16-3-7-18(21)8-4-16/h1-8,10,12,14,19H,9,11,13H2. The molecule has 0 aliphatic rings. The molecule has 24 heavy (non-hydrogen) atoms. The summed E-state index contributed by atoms with van der Waals surface area (Å²) in [5.41, 5.74) is 2.38. The van der Waals surface area contributed by atoms with Crippen LogP contribution in [0.15, 0.2) is 67.3 Å². The second kappa shape index (κ2) is 8.36. The predicted octanol–water partition coefficient (Wildman–Crippen LogP) is 5.74. The molecule has 0 fully saturated rings. The fraction of sp³-hybridized carbons (Fsp3) is 0.211. The summed E-state index contributed by atoms with van der Waals surface area (Å²) in [6, 6.07) is 14.7. The summed E-state index contributed by atoms with van der Waals surface area (Å²) in [5.74, 6) is 0.693. The van der Waals surface area contributed by atoms with Crippen LogP contribution in [0.1, 0.15) is 22.8 Å². The van der Waals surface area contributed by atoms with Gasteiger partial charge in [0.05, 0.1) is 6.33 Å². The van der Waals surface area contributed by atoms with E-state index >= 15 is 0 Å². The SMILES string of the molecule is Fc1ccc(C(CCn2ccnc2)SCc2ccc(Cl)cc2)cc1. The molecule has 0 aliphatic carbocycles. The number of benzene rings is 2. The van der Waals surface area contributed by atoms with Crippen molar-refractivity contribution < 1.29 is 4.39 Å². The van der Waals surface area contributed by atoms with Gasteiger partial charge in [0.2, 0.25) is 0 Å². The highest BCUT2D eigenvalue weighted by molar-refractivity contribution is 7.98. The maximum Gasteiger partial charge on any atom is 0.123 e. The van der Waals surface area contributed by atoms with Crippen LogP contribution in [-0.2, 0) is 12.3 Å². The van der Waals surface area contributed by atoms with Crippen molar-refractivity contribution >= 4 is 23.4 Å². The second-order valence-electron chi connectivity index (χ2n) is 5.57. The van der Waals surface area contributed by atoms with Crippen molar-refractivity contribution in [3.8, 4) is 0 Å². The number of hydrogen-bond donors (Lipinski definition) is 0. The van der Waals surface area contributed by atoms with E-state index in [1.165, 1.54) is 17.7 Å². The Hall–Kier alpha value is -1.78. The number of aryl methyl sites for hydroxylation is 1. The number of imidazole rings is 1. The van der Waals surface area contributed by atoms with E-state index in [4.69, 9.17) is 11.6 Å². The van der Waals surface area contributed by atoms with Gasteiger partial charge < -0.3 is 4.57 Å². The minimum atomic E-state index is -0.199. The van der Waals surface area contributed by atoms with Gasteiger partial charge in [-0.2, -0.15) is 0 Å². The van der Waals surface area contributed by atoms with Crippen LogP contribution in [0.3, 0.4) is 0 Å². The van der Waals surface area contributed by atoms with Crippen LogP contribution in [0.2, 0.25) is 5.02 Å². The molecule has 0 amide bonds. The lowest BCUT2D eigenvalue weighted by Crippen LogP contribution is -2.02. The van der Waals surface area contributed by atoms with Gasteiger partial charge in [0.25, 0.3) is 0 Å². The van der Waals surface area contributed by atoms with Crippen molar-refractivity contribution in [2.45, 2.75) is 24.0 Å². The Kier molecular flexibility index (Phi) is 5.94. The monoisotopic (exact) mass is 360 g/mol. The van der Waals surface area contributed by atoms with E-state index in [2.05, 4.69) is 9.55 Å². The van der Waals surface area contributed by atoms with Gasteiger partial charge in [-0.3, -0.25) is 0 Å². The molecule has 2 aromatic carbocycles. The number of rotatable bonds is 7. The summed E-state index contributed by atoms with van der Waals surface area (Å²) in [6.45, 7) is 0.885. The Bertz CT molecular complexity index is 742. The van der Waals surface area contributed by atoms with Crippen LogP contribution in [0.25, 0.3) is 0 Å². The topological polar surface area (TPSA) is 17.8 Å². The quantitative estimate of drug-likeness (QED) is 0.534. The van der Waals surface area contributed by atoms with E-state index in [1.54, 1.807) is 6.20 Å². The maximum absolute atomic E-state index is 13.2. The zero-order valence-electron chi connectivity index (χ0n) is 13.1. The van der Waals surface area contributed by atoms with Crippen LogP contribution in [0, 0.1) is 5.82 Å². The van der Waals surface area contributed by atoms with Crippen molar-refractivity contribution in [3.63, 3.8) is 0 Å². The molecule has 0 radical (unpaired) electrons. The van der Waals surface area contributed by atoms with E-state index in [0.29, 0.717) is 5.25 Å². The molecule has 1 heterocycles. The fourth-order valence-corrected chi connectivity index (χ4v) is 3.82. The van der Waals surface area contributed by atoms with Crippen LogP contribution < -0.4 is 0 Å². The van der Waals surface area contributed by atoms with E-state index < -0.39 is 0 Å². The smallest absolute Gasteiger partial charge is 0.123 e. The number of halogens is 2. The summed E-state index contributed by atoms with van der Waals surface area (Å²) < 4.78 is 15.3. The number of nitrogens with zero attached hydrogens (tertiary/aromatic N) is 2. The highest BCUT2D eigenvalue weighted by Gasteiger charge is 2.13. The summed E-state index contributed by atoms with van der Waals surface area (Å²) in [5, 5.41) is 1.04. The first-order chi connectivity index (χ1) is 11.7. The number of thioether (sulfide) groups is 1. The first-order valence-electron chi connectivity index (χ1n) is 7.78. The number of aromatic nitrogens is 2. The third-order valence-corrected chi connectivity index (χ3v) is 5.48. The Morgan fingerprint density at radius 2 is 1.83 bits per heavy atom. The third-order valence-electron chi connectivity index (χ3n) is 3.81. The maximum atomic E-state index is 13.2. The minimum Gasteiger partial charge on any atom is -0.337 e. The lowest BCUT2D eigenvalue weighted by molar-refractivity contribution is 0.620. The summed E-state index contributed by atoms with van der Waals surface area (Å²) in [4.78, 5) is 4.08.